The van der Waals surface area contributed by atoms with Gasteiger partial charge in [0.2, 0.25) is 0 Å². The highest BCUT2D eigenvalue weighted by Crippen LogP contribution is 1.94. The van der Waals surface area contributed by atoms with Gasteiger partial charge in [-0.15, -0.1) is 0 Å². The fraction of sp³-hybridized carbons (Fsp3) is 0.429. The van der Waals surface area contributed by atoms with Gasteiger partial charge in [-0.1, -0.05) is 23.8 Å². The highest BCUT2D eigenvalue weighted by Gasteiger charge is 1.74. The molecule has 0 aliphatic rings. The highest BCUT2D eigenvalue weighted by molar-refractivity contribution is 5.13. The third-order valence-corrected chi connectivity index (χ3v) is 0.516. The molecule has 0 aromatic heterocycles. The topological polar surface area (TPSA) is 0 Å². The van der Waals surface area contributed by atoms with Crippen molar-refractivity contribution in [2.45, 2.75) is 20.8 Å². The Balaban J connectivity index is 3.68. The second-order valence-electron chi connectivity index (χ2n) is 1.97. The van der Waals surface area contributed by atoms with Crippen LogP contribution < -0.4 is 0 Å². The SMILES string of the molecule is [CH]=C(C)C=C(C)C. The Morgan fingerprint density at radius 2 is 1.71 bits per heavy atom. The van der Waals surface area contributed by atoms with Crippen LogP contribution in [0.15, 0.2) is 17.2 Å². The van der Waals surface area contributed by atoms with Gasteiger partial charge in [0.25, 0.3) is 0 Å². The van der Waals surface area contributed by atoms with Gasteiger partial charge in [0, 0.05) is 0 Å². The Morgan fingerprint density at radius 3 is 1.71 bits per heavy atom. The van der Waals surface area contributed by atoms with E-state index in [1.165, 1.54) is 5.57 Å². The first kappa shape index (κ1) is 6.48. The molecule has 0 saturated heterocycles. The minimum absolute atomic E-state index is 0.875. The summed E-state index contributed by atoms with van der Waals surface area (Å²) in [6.07, 6.45) is 1.94. The summed E-state index contributed by atoms with van der Waals surface area (Å²) >= 11 is 0. The molecule has 0 bridgehead atoms. The maximum atomic E-state index is 5.33. The minimum atomic E-state index is 0.875. The van der Waals surface area contributed by atoms with E-state index in [4.69, 9.17) is 6.58 Å². The minimum Gasteiger partial charge on any atom is -0.0762 e. The molecule has 0 N–H and O–H groups in total. The molecule has 0 aliphatic carbocycles. The van der Waals surface area contributed by atoms with E-state index in [1.807, 2.05) is 26.8 Å². The van der Waals surface area contributed by atoms with Crippen molar-refractivity contribution in [1.29, 1.82) is 0 Å². The molecule has 1 radical (unpaired) electrons. The lowest BCUT2D eigenvalue weighted by molar-refractivity contribution is 1.35. The van der Waals surface area contributed by atoms with Crippen LogP contribution in [0.2, 0.25) is 0 Å². The number of rotatable bonds is 1. The van der Waals surface area contributed by atoms with Crippen LogP contribution in [-0.2, 0) is 0 Å². The highest BCUT2D eigenvalue weighted by atomic mass is 13.8. The maximum absolute atomic E-state index is 5.33. The summed E-state index contributed by atoms with van der Waals surface area (Å²) in [6.45, 7) is 11.3. The molecule has 0 atom stereocenters. The van der Waals surface area contributed by atoms with Crippen molar-refractivity contribution in [3.63, 3.8) is 0 Å². The monoisotopic (exact) mass is 95.1 g/mol. The summed E-state index contributed by atoms with van der Waals surface area (Å²) in [4.78, 5) is 0. The Kier molecular flexibility index (Phi) is 2.42. The van der Waals surface area contributed by atoms with Crippen molar-refractivity contribution in [2.24, 2.45) is 0 Å². The first-order chi connectivity index (χ1) is 3.13. The molecule has 0 nitrogen and oxygen atoms in total. The van der Waals surface area contributed by atoms with Crippen LogP contribution in [0.25, 0.3) is 0 Å². The van der Waals surface area contributed by atoms with Gasteiger partial charge in [0.1, 0.15) is 0 Å². The molecular formula is C7H11. The Morgan fingerprint density at radius 1 is 1.29 bits per heavy atom. The van der Waals surface area contributed by atoms with E-state index < -0.39 is 0 Å². The summed E-state index contributed by atoms with van der Waals surface area (Å²) in [5, 5.41) is 0. The Hall–Kier alpha value is -0.520. The lowest BCUT2D eigenvalue weighted by Gasteiger charge is -1.85. The summed E-state index contributed by atoms with van der Waals surface area (Å²) in [7, 11) is 0. The molecule has 0 aromatic rings. The van der Waals surface area contributed by atoms with E-state index in [0.29, 0.717) is 0 Å². The van der Waals surface area contributed by atoms with Crippen LogP contribution in [0.1, 0.15) is 20.8 Å². The molecule has 0 saturated carbocycles. The van der Waals surface area contributed by atoms with Gasteiger partial charge in [0.15, 0.2) is 0 Å². The van der Waals surface area contributed by atoms with Crippen LogP contribution in [0, 0.1) is 6.58 Å². The van der Waals surface area contributed by atoms with Crippen LogP contribution in [-0.4, -0.2) is 0 Å². The van der Waals surface area contributed by atoms with Gasteiger partial charge < -0.3 is 0 Å². The predicted octanol–water partition coefficient (Wildman–Crippen LogP) is 2.33. The van der Waals surface area contributed by atoms with Gasteiger partial charge in [-0.3, -0.25) is 0 Å². The van der Waals surface area contributed by atoms with Gasteiger partial charge >= 0.3 is 0 Å². The standard InChI is InChI=1S/C7H11/c1-6(2)5-7(3)4/h1,5H,2-4H3. The first-order valence-corrected chi connectivity index (χ1v) is 2.37. The van der Waals surface area contributed by atoms with E-state index in [1.54, 1.807) is 0 Å². The molecule has 0 unspecified atom stereocenters. The summed E-state index contributed by atoms with van der Waals surface area (Å²) in [5.74, 6) is 0. The van der Waals surface area contributed by atoms with Crippen molar-refractivity contribution in [1.82, 2.24) is 0 Å². The Bertz CT molecular complexity index is 92.6. The van der Waals surface area contributed by atoms with Crippen LogP contribution >= 0.6 is 0 Å². The van der Waals surface area contributed by atoms with E-state index in [-0.39, 0.29) is 0 Å². The lowest BCUT2D eigenvalue weighted by atomic mass is 10.2. The van der Waals surface area contributed by atoms with Gasteiger partial charge in [-0.05, 0) is 20.8 Å². The second kappa shape index (κ2) is 2.62. The van der Waals surface area contributed by atoms with Gasteiger partial charge in [-0.2, -0.15) is 0 Å². The first-order valence-electron chi connectivity index (χ1n) is 2.37. The average Bonchev–Trinajstić information content (AvgIpc) is 1.27. The smallest absolute Gasteiger partial charge is 0.0398 e. The number of allylic oxidation sites excluding steroid dienone is 3. The zero-order valence-corrected chi connectivity index (χ0v) is 5.15. The molecule has 0 heteroatoms. The maximum Gasteiger partial charge on any atom is -0.0398 e. The van der Waals surface area contributed by atoms with Gasteiger partial charge in [-0.25, -0.2) is 0 Å². The van der Waals surface area contributed by atoms with E-state index >= 15 is 0 Å². The molecule has 0 aliphatic heterocycles. The Labute approximate surface area is 45.5 Å². The van der Waals surface area contributed by atoms with Crippen LogP contribution in [0.3, 0.4) is 0 Å². The molecule has 0 rings (SSSR count). The van der Waals surface area contributed by atoms with Crippen molar-refractivity contribution in [3.05, 3.63) is 23.8 Å². The predicted molar refractivity (Wildman–Crippen MR) is 32.9 cm³/mol. The van der Waals surface area contributed by atoms with E-state index in [9.17, 15) is 0 Å². The molecule has 0 spiro atoms. The molecule has 0 heterocycles. The zero-order valence-electron chi connectivity index (χ0n) is 5.15. The van der Waals surface area contributed by atoms with Crippen molar-refractivity contribution >= 4 is 0 Å². The lowest BCUT2D eigenvalue weighted by Crippen LogP contribution is -1.64. The average molecular weight is 95.2 g/mol. The fourth-order valence-corrected chi connectivity index (χ4v) is 0.455. The summed E-state index contributed by atoms with van der Waals surface area (Å²) < 4.78 is 0. The molecule has 0 fully saturated rings. The van der Waals surface area contributed by atoms with Crippen molar-refractivity contribution in [3.8, 4) is 0 Å². The summed E-state index contributed by atoms with van der Waals surface area (Å²) in [5.41, 5.74) is 2.13. The number of hydrogen-bond acceptors (Lipinski definition) is 0. The third kappa shape index (κ3) is 5.48. The van der Waals surface area contributed by atoms with Crippen molar-refractivity contribution < 1.29 is 0 Å². The summed E-state index contributed by atoms with van der Waals surface area (Å²) in [6, 6.07) is 0. The fourth-order valence-electron chi connectivity index (χ4n) is 0.455. The van der Waals surface area contributed by atoms with E-state index in [2.05, 4.69) is 0 Å². The van der Waals surface area contributed by atoms with Crippen LogP contribution in [0.4, 0.5) is 0 Å². The van der Waals surface area contributed by atoms with Crippen LogP contribution in [0.5, 0.6) is 0 Å². The van der Waals surface area contributed by atoms with E-state index in [0.717, 1.165) is 5.57 Å². The second-order valence-corrected chi connectivity index (χ2v) is 1.97. The third-order valence-electron chi connectivity index (χ3n) is 0.516. The van der Waals surface area contributed by atoms with Gasteiger partial charge in [0.05, 0.1) is 0 Å². The van der Waals surface area contributed by atoms with Crippen molar-refractivity contribution in [2.75, 3.05) is 0 Å². The quantitative estimate of drug-likeness (QED) is 0.438. The normalized spacial score (nSPS) is 7.86. The number of hydrogen-bond donors (Lipinski definition) is 0. The molecular weight excluding hydrogens is 84.1 g/mol. The molecule has 0 aromatic carbocycles. The largest absolute Gasteiger partial charge is 0.0762 e. The molecule has 7 heavy (non-hydrogen) atoms. The molecule has 39 valence electrons. The molecule has 0 amide bonds. The zero-order chi connectivity index (χ0) is 5.86.